The van der Waals surface area contributed by atoms with Gasteiger partial charge in [0.25, 0.3) is 0 Å². The molecular formula is C10H20N4O. The monoisotopic (exact) mass is 212 g/mol. The van der Waals surface area contributed by atoms with E-state index in [9.17, 15) is 0 Å². The lowest BCUT2D eigenvalue weighted by molar-refractivity contribution is 0.110. The molecule has 0 spiro atoms. The van der Waals surface area contributed by atoms with Crippen molar-refractivity contribution in [1.29, 1.82) is 0 Å². The molecular weight excluding hydrogens is 192 g/mol. The molecule has 5 nitrogen and oxygen atoms in total. The molecule has 0 aliphatic heterocycles. The summed E-state index contributed by atoms with van der Waals surface area (Å²) in [5.41, 5.74) is 1.06. The zero-order valence-electron chi connectivity index (χ0n) is 9.73. The van der Waals surface area contributed by atoms with Crippen LogP contribution in [0.5, 0.6) is 0 Å². The predicted octanol–water partition coefficient (Wildman–Crippen LogP) is 0.892. The molecule has 1 atom stereocenters. The first-order chi connectivity index (χ1) is 7.29. The minimum Gasteiger partial charge on any atom is -0.379 e. The Balaban J connectivity index is 2.53. The minimum absolute atomic E-state index is 0.182. The van der Waals surface area contributed by atoms with Gasteiger partial charge >= 0.3 is 0 Å². The lowest BCUT2D eigenvalue weighted by atomic mass is 10.2. The number of nitrogens with zero attached hydrogens (tertiary/aromatic N) is 3. The third-order valence-electron chi connectivity index (χ3n) is 2.19. The van der Waals surface area contributed by atoms with E-state index in [2.05, 4.69) is 29.5 Å². The van der Waals surface area contributed by atoms with Crippen molar-refractivity contribution >= 4 is 0 Å². The van der Waals surface area contributed by atoms with Gasteiger partial charge in [0.05, 0.1) is 24.5 Å². The van der Waals surface area contributed by atoms with Crippen LogP contribution in [0.3, 0.4) is 0 Å². The van der Waals surface area contributed by atoms with Gasteiger partial charge in [-0.3, -0.25) is 4.68 Å². The molecule has 1 unspecified atom stereocenters. The average molecular weight is 212 g/mol. The zero-order valence-corrected chi connectivity index (χ0v) is 9.73. The fourth-order valence-electron chi connectivity index (χ4n) is 1.45. The number of likely N-dealkylation sites (N-methyl/N-ethyl adjacent to an activating group) is 1. The average Bonchev–Trinajstić information content (AvgIpc) is 2.64. The summed E-state index contributed by atoms with van der Waals surface area (Å²) in [6.07, 6.45) is 2.82. The highest BCUT2D eigenvalue weighted by atomic mass is 16.5. The number of nitrogens with one attached hydrogen (secondary N) is 1. The van der Waals surface area contributed by atoms with E-state index in [1.165, 1.54) is 0 Å². The van der Waals surface area contributed by atoms with Crippen LogP contribution in [0.4, 0.5) is 0 Å². The normalized spacial score (nSPS) is 13.0. The molecule has 0 saturated carbocycles. The van der Waals surface area contributed by atoms with Crippen LogP contribution in [0.15, 0.2) is 6.20 Å². The molecule has 1 N–H and O–H groups in total. The maximum atomic E-state index is 5.54. The molecule has 1 rings (SSSR count). The molecule has 0 fully saturated rings. The highest BCUT2D eigenvalue weighted by Crippen LogP contribution is 2.10. The van der Waals surface area contributed by atoms with Crippen molar-refractivity contribution in [2.24, 2.45) is 7.05 Å². The second-order valence-electron chi connectivity index (χ2n) is 3.47. The van der Waals surface area contributed by atoms with Crippen LogP contribution in [0.2, 0.25) is 0 Å². The maximum Gasteiger partial charge on any atom is 0.0776 e. The highest BCUT2D eigenvalue weighted by Gasteiger charge is 2.14. The summed E-state index contributed by atoms with van der Waals surface area (Å²) in [5, 5.41) is 11.1. The fraction of sp³-hybridized carbons (Fsp3) is 0.800. The summed E-state index contributed by atoms with van der Waals surface area (Å²) < 4.78 is 7.33. The Labute approximate surface area is 90.8 Å². The van der Waals surface area contributed by atoms with E-state index in [1.54, 1.807) is 10.9 Å². The van der Waals surface area contributed by atoms with Crippen molar-refractivity contribution in [3.05, 3.63) is 11.9 Å². The van der Waals surface area contributed by atoms with E-state index in [0.717, 1.165) is 25.3 Å². The van der Waals surface area contributed by atoms with E-state index in [1.807, 2.05) is 7.05 Å². The third-order valence-corrected chi connectivity index (χ3v) is 2.19. The summed E-state index contributed by atoms with van der Waals surface area (Å²) in [6.45, 7) is 6.56. The lowest BCUT2D eigenvalue weighted by Crippen LogP contribution is -2.27. The van der Waals surface area contributed by atoms with Gasteiger partial charge in [0.2, 0.25) is 0 Å². The Morgan fingerprint density at radius 3 is 2.87 bits per heavy atom. The predicted molar refractivity (Wildman–Crippen MR) is 58.5 cm³/mol. The molecule has 1 aromatic rings. The molecule has 86 valence electrons. The maximum absolute atomic E-state index is 5.54. The molecule has 0 aliphatic carbocycles. The number of hydrogen-bond donors (Lipinski definition) is 1. The summed E-state index contributed by atoms with van der Waals surface area (Å²) >= 11 is 0. The van der Waals surface area contributed by atoms with Crippen molar-refractivity contribution in [3.8, 4) is 0 Å². The van der Waals surface area contributed by atoms with E-state index in [-0.39, 0.29) is 6.04 Å². The molecule has 1 aromatic heterocycles. The zero-order chi connectivity index (χ0) is 11.1. The van der Waals surface area contributed by atoms with Gasteiger partial charge in [-0.2, -0.15) is 0 Å². The van der Waals surface area contributed by atoms with Crippen molar-refractivity contribution in [2.75, 3.05) is 19.8 Å². The Morgan fingerprint density at radius 1 is 1.53 bits per heavy atom. The first-order valence-corrected chi connectivity index (χ1v) is 5.45. The summed E-state index contributed by atoms with van der Waals surface area (Å²) in [4.78, 5) is 0. The largest absolute Gasteiger partial charge is 0.379 e. The van der Waals surface area contributed by atoms with E-state index in [0.29, 0.717) is 6.61 Å². The lowest BCUT2D eigenvalue weighted by Gasteiger charge is -2.17. The topological polar surface area (TPSA) is 52.0 Å². The number of rotatable bonds is 7. The molecule has 0 amide bonds. The van der Waals surface area contributed by atoms with Crippen molar-refractivity contribution in [3.63, 3.8) is 0 Å². The molecule has 0 radical (unpaired) electrons. The van der Waals surface area contributed by atoms with Crippen LogP contribution >= 0.6 is 0 Å². The Hall–Kier alpha value is -0.940. The van der Waals surface area contributed by atoms with Crippen LogP contribution in [0.1, 0.15) is 32.0 Å². The Morgan fingerprint density at radius 2 is 2.33 bits per heavy atom. The number of aryl methyl sites for hydroxylation is 1. The molecule has 5 heteroatoms. The Kier molecular flexibility index (Phi) is 5.28. The Bertz CT molecular complexity index is 274. The molecule has 0 bridgehead atoms. The highest BCUT2D eigenvalue weighted by molar-refractivity contribution is 5.01. The smallest absolute Gasteiger partial charge is 0.0776 e. The van der Waals surface area contributed by atoms with Crippen LogP contribution in [0.25, 0.3) is 0 Å². The summed E-state index contributed by atoms with van der Waals surface area (Å²) in [6, 6.07) is 0.182. The number of aromatic nitrogens is 3. The number of ether oxygens (including phenoxy) is 1. The SMILES string of the molecule is CCCOCC(NCC)c1cnnn1C. The van der Waals surface area contributed by atoms with Gasteiger partial charge in [-0.05, 0) is 13.0 Å². The van der Waals surface area contributed by atoms with Crippen LogP contribution in [-0.4, -0.2) is 34.8 Å². The molecule has 0 saturated heterocycles. The molecule has 0 aromatic carbocycles. The minimum atomic E-state index is 0.182. The van der Waals surface area contributed by atoms with E-state index < -0.39 is 0 Å². The quantitative estimate of drug-likeness (QED) is 0.682. The van der Waals surface area contributed by atoms with E-state index >= 15 is 0 Å². The van der Waals surface area contributed by atoms with Crippen LogP contribution in [-0.2, 0) is 11.8 Å². The van der Waals surface area contributed by atoms with Crippen LogP contribution < -0.4 is 5.32 Å². The van der Waals surface area contributed by atoms with Gasteiger partial charge in [-0.15, -0.1) is 5.10 Å². The van der Waals surface area contributed by atoms with Gasteiger partial charge in [0.1, 0.15) is 0 Å². The van der Waals surface area contributed by atoms with Gasteiger partial charge in [0.15, 0.2) is 0 Å². The van der Waals surface area contributed by atoms with Gasteiger partial charge < -0.3 is 10.1 Å². The van der Waals surface area contributed by atoms with Crippen molar-refractivity contribution in [1.82, 2.24) is 20.3 Å². The molecule has 15 heavy (non-hydrogen) atoms. The molecule has 1 heterocycles. The first-order valence-electron chi connectivity index (χ1n) is 5.45. The summed E-state index contributed by atoms with van der Waals surface area (Å²) in [5.74, 6) is 0. The van der Waals surface area contributed by atoms with Gasteiger partial charge in [-0.1, -0.05) is 19.1 Å². The van der Waals surface area contributed by atoms with Gasteiger partial charge in [-0.25, -0.2) is 0 Å². The number of hydrogen-bond acceptors (Lipinski definition) is 4. The molecule has 0 aliphatic rings. The first kappa shape index (κ1) is 12.1. The third kappa shape index (κ3) is 3.60. The van der Waals surface area contributed by atoms with Crippen LogP contribution in [0, 0.1) is 0 Å². The second-order valence-corrected chi connectivity index (χ2v) is 3.47. The van der Waals surface area contributed by atoms with Gasteiger partial charge in [0, 0.05) is 13.7 Å². The summed E-state index contributed by atoms with van der Waals surface area (Å²) in [7, 11) is 1.90. The second kappa shape index (κ2) is 6.53. The standard InChI is InChI=1S/C10H20N4O/c1-4-6-15-8-9(11-5-2)10-7-12-13-14(10)3/h7,9,11H,4-6,8H2,1-3H3. The van der Waals surface area contributed by atoms with Crippen molar-refractivity contribution in [2.45, 2.75) is 26.3 Å². The van der Waals surface area contributed by atoms with E-state index in [4.69, 9.17) is 4.74 Å². The van der Waals surface area contributed by atoms with Crippen molar-refractivity contribution < 1.29 is 4.74 Å². The fourth-order valence-corrected chi connectivity index (χ4v) is 1.45.